The maximum atomic E-state index is 14.0. The summed E-state index contributed by atoms with van der Waals surface area (Å²) < 4.78 is 3.67. The van der Waals surface area contributed by atoms with Gasteiger partial charge >= 0.3 is 0 Å². The molecule has 3 N–H and O–H groups in total. The van der Waals surface area contributed by atoms with E-state index in [1.165, 1.54) is 15.8 Å². The third-order valence-electron chi connectivity index (χ3n) is 16.8. The number of pyridine rings is 3. The van der Waals surface area contributed by atoms with Crippen LogP contribution in [0.1, 0.15) is 112 Å². The van der Waals surface area contributed by atoms with Gasteiger partial charge in [0.1, 0.15) is 29.1 Å². The number of imide groups is 2. The number of benzene rings is 1. The van der Waals surface area contributed by atoms with Gasteiger partial charge in [-0.3, -0.25) is 53.7 Å². The van der Waals surface area contributed by atoms with Crippen LogP contribution in [0.25, 0.3) is 11.1 Å². The fraction of sp³-hybridized carbons (Fsp3) is 0.455. The number of anilines is 4. The zero-order valence-electron chi connectivity index (χ0n) is 41.8. The van der Waals surface area contributed by atoms with Crippen LogP contribution in [0.5, 0.6) is 0 Å². The summed E-state index contributed by atoms with van der Waals surface area (Å²) in [6.07, 6.45) is 10.5. The Kier molecular flexibility index (Phi) is 11.5. The number of fused-ring (bicyclic) bond motifs is 4. The van der Waals surface area contributed by atoms with Crippen molar-refractivity contribution >= 4 is 52.5 Å². The maximum absolute atomic E-state index is 14.0. The van der Waals surface area contributed by atoms with Crippen molar-refractivity contribution in [2.24, 2.45) is 12.5 Å². The molecule has 3 atom stereocenters. The summed E-state index contributed by atoms with van der Waals surface area (Å²) in [4.78, 5) is 98.2. The number of hydrogen-bond donors (Lipinski definition) is 3. The van der Waals surface area contributed by atoms with Crippen molar-refractivity contribution in [1.29, 1.82) is 0 Å². The molecule has 1 unspecified atom stereocenters. The Labute approximate surface area is 423 Å². The highest BCUT2D eigenvalue weighted by Gasteiger charge is 2.46. The second-order valence-electron chi connectivity index (χ2n) is 22.1. The first-order valence-electron chi connectivity index (χ1n) is 25.8. The van der Waals surface area contributed by atoms with Crippen LogP contribution >= 0.6 is 0 Å². The summed E-state index contributed by atoms with van der Waals surface area (Å²) in [6.45, 7) is 12.1. The van der Waals surface area contributed by atoms with Crippen molar-refractivity contribution in [3.8, 4) is 11.1 Å². The molecule has 18 heteroatoms. The van der Waals surface area contributed by atoms with Gasteiger partial charge in [0.25, 0.3) is 23.3 Å². The monoisotopic (exact) mass is 987 g/mol. The third kappa shape index (κ3) is 8.14. The van der Waals surface area contributed by atoms with Gasteiger partial charge in [0.05, 0.1) is 29.6 Å². The molecule has 1 aromatic carbocycles. The van der Waals surface area contributed by atoms with Crippen molar-refractivity contribution in [3.63, 3.8) is 0 Å². The van der Waals surface area contributed by atoms with Gasteiger partial charge in [-0.2, -0.15) is 0 Å². The number of likely N-dealkylation sites (tertiary alicyclic amines) is 1. The molecular weight excluding hydrogens is 927 g/mol. The summed E-state index contributed by atoms with van der Waals surface area (Å²) in [5.41, 5.74) is 8.00. The van der Waals surface area contributed by atoms with E-state index in [-0.39, 0.29) is 48.3 Å². The largest absolute Gasteiger partial charge is 0.392 e. The van der Waals surface area contributed by atoms with Crippen LogP contribution in [0.15, 0.2) is 71.9 Å². The molecule has 5 amide bonds. The van der Waals surface area contributed by atoms with Gasteiger partial charge < -0.3 is 24.5 Å². The van der Waals surface area contributed by atoms with E-state index in [9.17, 15) is 33.9 Å². The molecule has 0 spiro atoms. The van der Waals surface area contributed by atoms with Crippen LogP contribution in [0.4, 0.5) is 23.0 Å². The van der Waals surface area contributed by atoms with E-state index in [2.05, 4.69) is 55.7 Å². The van der Waals surface area contributed by atoms with Crippen molar-refractivity contribution in [2.45, 2.75) is 109 Å². The number of carbonyl (C=O) groups is 5. The minimum atomic E-state index is -0.973. The molecule has 9 heterocycles. The normalized spacial score (nSPS) is 25.0. The number of amides is 5. The molecule has 73 heavy (non-hydrogen) atoms. The lowest BCUT2D eigenvalue weighted by Gasteiger charge is -2.51. The van der Waals surface area contributed by atoms with Gasteiger partial charge in [-0.25, -0.2) is 9.97 Å². The maximum Gasteiger partial charge on any atom is 0.276 e. The Bertz CT molecular complexity index is 3190. The molecule has 0 radical (unpaired) electrons. The predicted molar refractivity (Wildman–Crippen MR) is 273 cm³/mol. The average Bonchev–Trinajstić information content (AvgIpc) is 4.11. The molecule has 0 bridgehead atoms. The zero-order chi connectivity index (χ0) is 50.6. The quantitative estimate of drug-likeness (QED) is 0.164. The topological polar surface area (TPSA) is 199 Å². The van der Waals surface area contributed by atoms with Gasteiger partial charge in [0.15, 0.2) is 0 Å². The lowest BCUT2D eigenvalue weighted by molar-refractivity contribution is -0.136. The summed E-state index contributed by atoms with van der Waals surface area (Å²) in [7, 11) is 1.69. The molecule has 3 saturated heterocycles. The first-order valence-corrected chi connectivity index (χ1v) is 25.8. The van der Waals surface area contributed by atoms with E-state index < -0.39 is 29.7 Å². The van der Waals surface area contributed by atoms with Gasteiger partial charge in [-0.05, 0) is 122 Å². The Morgan fingerprint density at radius 3 is 2.36 bits per heavy atom. The molecular formula is C55H61N11O7. The molecule has 4 fully saturated rings. The number of piperidine rings is 1. The molecule has 5 aliphatic heterocycles. The Morgan fingerprint density at radius 1 is 0.808 bits per heavy atom. The lowest BCUT2D eigenvalue weighted by atomic mass is 9.83. The number of nitrogens with one attached hydrogen (secondary N) is 2. The highest BCUT2D eigenvalue weighted by molar-refractivity contribution is 6.23. The molecule has 18 nitrogen and oxygen atoms in total. The van der Waals surface area contributed by atoms with Crippen LogP contribution in [-0.4, -0.2) is 132 Å². The number of piperazine rings is 1. The number of aliphatic hydroxyl groups excluding tert-OH is 1. The van der Waals surface area contributed by atoms with Crippen LogP contribution in [0, 0.1) is 5.41 Å². The molecule has 378 valence electrons. The van der Waals surface area contributed by atoms with Crippen LogP contribution in [0.3, 0.4) is 0 Å². The number of aryl methyl sites for hydroxylation is 1. The highest BCUT2D eigenvalue weighted by atomic mass is 16.3. The molecule has 1 saturated carbocycles. The highest BCUT2D eigenvalue weighted by Crippen LogP contribution is 2.42. The summed E-state index contributed by atoms with van der Waals surface area (Å²) >= 11 is 0. The lowest BCUT2D eigenvalue weighted by Crippen LogP contribution is -2.60. The molecule has 7 aliphatic rings. The summed E-state index contributed by atoms with van der Waals surface area (Å²) in [5.74, 6) is -0.878. The summed E-state index contributed by atoms with van der Waals surface area (Å²) in [5, 5.41) is 16.3. The van der Waals surface area contributed by atoms with Crippen LogP contribution < -0.4 is 26.0 Å². The van der Waals surface area contributed by atoms with Crippen molar-refractivity contribution in [2.75, 3.05) is 54.4 Å². The number of nitrogens with zero attached hydrogens (tertiary/aromatic N) is 9. The van der Waals surface area contributed by atoms with E-state index in [0.717, 1.165) is 81.0 Å². The summed E-state index contributed by atoms with van der Waals surface area (Å²) in [6, 6.07) is 15.4. The molecule has 2 aliphatic carbocycles. The second kappa shape index (κ2) is 17.9. The molecule has 4 aromatic heterocycles. The zero-order valence-corrected chi connectivity index (χ0v) is 41.8. The first kappa shape index (κ1) is 47.0. The smallest absolute Gasteiger partial charge is 0.276 e. The molecule has 5 aromatic rings. The number of aromatic nitrogens is 4. The van der Waals surface area contributed by atoms with E-state index in [1.807, 2.05) is 42.6 Å². The minimum Gasteiger partial charge on any atom is -0.392 e. The Balaban J connectivity index is 0.653. The van der Waals surface area contributed by atoms with Crippen molar-refractivity contribution < 1.29 is 29.1 Å². The number of hydrogen-bond acceptors (Lipinski definition) is 13. The molecule has 12 rings (SSSR count). The first-order chi connectivity index (χ1) is 35.1. The SMILES string of the molecule is C[C@H]1CN(C2CC(N3CC[C@@H](c4ccc5c(c4)C(=O)N(C4CCC(=O)NC4=O)C5=O)C3)C2)CCN1c1ccc(Nc2cc(-c3ccnc(N4CCn5c(cc6c5CC(C)(C)C6)C4=O)c3CO)cn(C)c2=O)nc1. The average molecular weight is 988 g/mol. The predicted octanol–water partition coefficient (Wildman–Crippen LogP) is 4.60. The van der Waals surface area contributed by atoms with E-state index >= 15 is 0 Å². The van der Waals surface area contributed by atoms with E-state index in [1.54, 1.807) is 36.5 Å². The van der Waals surface area contributed by atoms with Gasteiger partial charge in [0.2, 0.25) is 11.8 Å². The van der Waals surface area contributed by atoms with Crippen molar-refractivity contribution in [1.82, 2.24) is 39.1 Å². The number of rotatable bonds is 10. The van der Waals surface area contributed by atoms with Gasteiger partial charge in [0, 0.05) is 100 Å². The Hall–Kier alpha value is -7.02. The Morgan fingerprint density at radius 2 is 1.60 bits per heavy atom. The van der Waals surface area contributed by atoms with E-state index in [0.29, 0.717) is 76.0 Å². The second-order valence-corrected chi connectivity index (χ2v) is 22.1. The van der Waals surface area contributed by atoms with E-state index in [4.69, 9.17) is 4.98 Å². The minimum absolute atomic E-state index is 0.0911. The standard InChI is InChI=1S/C55H61N11O7/c1-31-27-62(38-22-37(23-38)61-14-12-33(29-61)32-5-7-40-41(19-32)52(71)66(51(40)70)44-8-10-48(68)59-50(44)69)15-16-63(31)36-6-9-47(57-26-36)58-43-20-35(28-60(4)53(43)72)39-11-13-56-49(42(39)30-67)65-18-17-64-45(54(65)73)21-34-24-55(2,3)25-46(34)64/h5-7,9,11,13,19-21,26,28,31,33,37-38,44,67H,8,10,12,14-18,22-25,27,29-30H2,1-4H3,(H,57,58)(H,59,68,69)/t31-,33+,37?,38?,44?/m0/s1. The van der Waals surface area contributed by atoms with Crippen LogP contribution in [-0.2, 0) is 42.6 Å². The van der Waals surface area contributed by atoms with Crippen molar-refractivity contribution in [3.05, 3.63) is 117 Å². The number of aliphatic hydroxyl groups is 1. The number of carbonyl (C=O) groups excluding carboxylic acids is 5. The van der Waals surface area contributed by atoms with Gasteiger partial charge in [-0.15, -0.1) is 0 Å². The fourth-order valence-electron chi connectivity index (χ4n) is 13.0. The fourth-order valence-corrected chi connectivity index (χ4v) is 13.0. The third-order valence-corrected chi connectivity index (χ3v) is 16.8. The van der Waals surface area contributed by atoms with Gasteiger partial charge in [-0.1, -0.05) is 19.9 Å². The van der Waals surface area contributed by atoms with Crippen LogP contribution in [0.2, 0.25) is 0 Å².